The zero-order valence-electron chi connectivity index (χ0n) is 10.4. The molecule has 1 nitrogen and oxygen atoms in total. The summed E-state index contributed by atoms with van der Waals surface area (Å²) in [7, 11) is 1.92. The lowest BCUT2D eigenvalue weighted by atomic mass is 9.80. The highest BCUT2D eigenvalue weighted by Crippen LogP contribution is 2.38. The molecular weight excluding hydrogens is 208 g/mol. The molecule has 0 bridgehead atoms. The lowest BCUT2D eigenvalue weighted by Crippen LogP contribution is -2.38. The summed E-state index contributed by atoms with van der Waals surface area (Å²) in [5, 5.41) is 3.26. The Balaban J connectivity index is 2.46. The van der Waals surface area contributed by atoms with Crippen LogP contribution in [0.4, 0.5) is 8.78 Å². The highest BCUT2D eigenvalue weighted by molar-refractivity contribution is 4.98. The zero-order chi connectivity index (χ0) is 12.2. The van der Waals surface area contributed by atoms with E-state index < -0.39 is 5.92 Å². The van der Waals surface area contributed by atoms with Crippen LogP contribution in [0, 0.1) is 5.92 Å². The molecule has 0 aliphatic heterocycles. The standard InChI is InChI=1S/C13H23F2N/c1-4-10(2)9-12(16-3)11-5-7-13(14,15)8-6-11/h11-12,16H,2,4-9H2,1,3H3. The minimum Gasteiger partial charge on any atom is -0.316 e. The SMILES string of the molecule is C=C(CC)CC(NC)C1CCC(F)(F)CC1. The minimum absolute atomic E-state index is 0.0500. The van der Waals surface area contributed by atoms with Gasteiger partial charge in [-0.2, -0.15) is 0 Å². The number of alkyl halides is 2. The van der Waals surface area contributed by atoms with Crippen LogP contribution < -0.4 is 5.32 Å². The molecule has 0 aromatic carbocycles. The van der Waals surface area contributed by atoms with Crippen LogP contribution in [-0.4, -0.2) is 19.0 Å². The van der Waals surface area contributed by atoms with Crippen molar-refractivity contribution in [1.29, 1.82) is 0 Å². The molecule has 0 aromatic heterocycles. The second-order valence-corrected chi connectivity index (χ2v) is 4.90. The molecule has 1 aliphatic carbocycles. The largest absolute Gasteiger partial charge is 0.316 e. The average molecular weight is 231 g/mol. The molecule has 1 aliphatic rings. The van der Waals surface area contributed by atoms with Gasteiger partial charge in [-0.3, -0.25) is 0 Å². The maximum Gasteiger partial charge on any atom is 0.248 e. The van der Waals surface area contributed by atoms with E-state index in [1.165, 1.54) is 5.57 Å². The van der Waals surface area contributed by atoms with Crippen molar-refractivity contribution in [2.24, 2.45) is 5.92 Å². The molecule has 0 spiro atoms. The molecule has 0 radical (unpaired) electrons. The Morgan fingerprint density at radius 3 is 2.44 bits per heavy atom. The predicted molar refractivity (Wildman–Crippen MR) is 63.8 cm³/mol. The van der Waals surface area contributed by atoms with Crippen molar-refractivity contribution in [3.8, 4) is 0 Å². The lowest BCUT2D eigenvalue weighted by molar-refractivity contribution is -0.0492. The van der Waals surface area contributed by atoms with Crippen LogP contribution in [-0.2, 0) is 0 Å². The van der Waals surface area contributed by atoms with E-state index >= 15 is 0 Å². The Morgan fingerprint density at radius 1 is 1.44 bits per heavy atom. The van der Waals surface area contributed by atoms with Crippen LogP contribution in [0.5, 0.6) is 0 Å². The summed E-state index contributed by atoms with van der Waals surface area (Å²) in [5.74, 6) is -2.04. The molecule has 94 valence electrons. The summed E-state index contributed by atoms with van der Waals surface area (Å²) in [6.07, 6.45) is 3.26. The van der Waals surface area contributed by atoms with E-state index in [1.54, 1.807) is 0 Å². The van der Waals surface area contributed by atoms with Gasteiger partial charge in [0.2, 0.25) is 5.92 Å². The van der Waals surface area contributed by atoms with Gasteiger partial charge in [0.05, 0.1) is 0 Å². The van der Waals surface area contributed by atoms with Crippen LogP contribution in [0.25, 0.3) is 0 Å². The maximum absolute atomic E-state index is 13.0. The Kier molecular flexibility index (Phi) is 4.90. The number of hydrogen-bond acceptors (Lipinski definition) is 1. The molecule has 1 saturated carbocycles. The van der Waals surface area contributed by atoms with E-state index in [2.05, 4.69) is 18.8 Å². The number of hydrogen-bond donors (Lipinski definition) is 1. The van der Waals surface area contributed by atoms with Crippen molar-refractivity contribution >= 4 is 0 Å². The topological polar surface area (TPSA) is 12.0 Å². The highest BCUT2D eigenvalue weighted by Gasteiger charge is 2.37. The fraction of sp³-hybridized carbons (Fsp3) is 0.846. The molecule has 0 amide bonds. The van der Waals surface area contributed by atoms with Crippen LogP contribution in [0.3, 0.4) is 0 Å². The van der Waals surface area contributed by atoms with Crippen LogP contribution in [0.1, 0.15) is 45.4 Å². The number of rotatable bonds is 5. The Hall–Kier alpha value is -0.440. The molecule has 0 aromatic rings. The monoisotopic (exact) mass is 231 g/mol. The summed E-state index contributed by atoms with van der Waals surface area (Å²) in [6.45, 7) is 6.08. The van der Waals surface area contributed by atoms with Crippen molar-refractivity contribution in [3.05, 3.63) is 12.2 Å². The maximum atomic E-state index is 13.0. The zero-order valence-corrected chi connectivity index (χ0v) is 10.4. The molecule has 3 heteroatoms. The first-order valence-electron chi connectivity index (χ1n) is 6.20. The van der Waals surface area contributed by atoms with Gasteiger partial charge >= 0.3 is 0 Å². The van der Waals surface area contributed by atoms with Gasteiger partial charge in [0.15, 0.2) is 0 Å². The molecule has 0 saturated heterocycles. The van der Waals surface area contributed by atoms with E-state index in [9.17, 15) is 8.78 Å². The Labute approximate surface area is 97.3 Å². The van der Waals surface area contributed by atoms with Gasteiger partial charge in [0, 0.05) is 18.9 Å². The Bertz CT molecular complexity index is 228. The molecular formula is C13H23F2N. The van der Waals surface area contributed by atoms with Crippen molar-refractivity contribution in [1.82, 2.24) is 5.32 Å². The predicted octanol–water partition coefficient (Wildman–Crippen LogP) is 3.76. The fourth-order valence-corrected chi connectivity index (χ4v) is 2.42. The summed E-state index contributed by atoms with van der Waals surface area (Å²) < 4.78 is 26.1. The lowest BCUT2D eigenvalue weighted by Gasteiger charge is -2.34. The highest BCUT2D eigenvalue weighted by atomic mass is 19.3. The van der Waals surface area contributed by atoms with Crippen molar-refractivity contribution in [2.75, 3.05) is 7.05 Å². The van der Waals surface area contributed by atoms with Gasteiger partial charge in [-0.1, -0.05) is 19.1 Å². The molecule has 0 heterocycles. The average Bonchev–Trinajstić information content (AvgIpc) is 2.26. The molecule has 1 atom stereocenters. The second kappa shape index (κ2) is 5.76. The number of halogens is 2. The second-order valence-electron chi connectivity index (χ2n) is 4.90. The molecule has 1 rings (SSSR count). The van der Waals surface area contributed by atoms with E-state index in [4.69, 9.17) is 0 Å². The number of nitrogens with one attached hydrogen (secondary N) is 1. The summed E-state index contributed by atoms with van der Waals surface area (Å²) in [6, 6.07) is 0.323. The third-order valence-corrected chi connectivity index (χ3v) is 3.71. The van der Waals surface area contributed by atoms with E-state index in [-0.39, 0.29) is 12.8 Å². The van der Waals surface area contributed by atoms with Crippen LogP contribution in [0.2, 0.25) is 0 Å². The van der Waals surface area contributed by atoms with Gasteiger partial charge in [0.25, 0.3) is 0 Å². The van der Waals surface area contributed by atoms with E-state index in [0.717, 1.165) is 12.8 Å². The van der Waals surface area contributed by atoms with Crippen molar-refractivity contribution in [3.63, 3.8) is 0 Å². The first-order chi connectivity index (χ1) is 7.48. The Morgan fingerprint density at radius 2 is 2.00 bits per heavy atom. The smallest absolute Gasteiger partial charge is 0.248 e. The first kappa shape index (κ1) is 13.6. The van der Waals surface area contributed by atoms with Crippen LogP contribution >= 0.6 is 0 Å². The van der Waals surface area contributed by atoms with Gasteiger partial charge < -0.3 is 5.32 Å². The molecule has 1 unspecified atom stereocenters. The van der Waals surface area contributed by atoms with Gasteiger partial charge in [-0.25, -0.2) is 8.78 Å². The molecule has 1 N–H and O–H groups in total. The van der Waals surface area contributed by atoms with Crippen molar-refractivity contribution in [2.45, 2.75) is 57.4 Å². The third-order valence-electron chi connectivity index (χ3n) is 3.71. The fourth-order valence-electron chi connectivity index (χ4n) is 2.42. The summed E-state index contributed by atoms with van der Waals surface area (Å²) >= 11 is 0. The third kappa shape index (κ3) is 3.85. The minimum atomic E-state index is -2.42. The summed E-state index contributed by atoms with van der Waals surface area (Å²) in [4.78, 5) is 0. The first-order valence-corrected chi connectivity index (χ1v) is 6.20. The van der Waals surface area contributed by atoms with Gasteiger partial charge in [0.1, 0.15) is 0 Å². The van der Waals surface area contributed by atoms with Gasteiger partial charge in [-0.05, 0) is 38.6 Å². The van der Waals surface area contributed by atoms with Crippen LogP contribution in [0.15, 0.2) is 12.2 Å². The summed E-state index contributed by atoms with van der Waals surface area (Å²) in [5.41, 5.74) is 1.21. The molecule has 1 fully saturated rings. The normalized spacial score (nSPS) is 23.0. The van der Waals surface area contributed by atoms with Crippen molar-refractivity contribution < 1.29 is 8.78 Å². The quantitative estimate of drug-likeness (QED) is 0.710. The van der Waals surface area contributed by atoms with E-state index in [1.807, 2.05) is 7.05 Å². The van der Waals surface area contributed by atoms with E-state index in [0.29, 0.717) is 24.8 Å². The van der Waals surface area contributed by atoms with Gasteiger partial charge in [-0.15, -0.1) is 0 Å². The molecule has 16 heavy (non-hydrogen) atoms.